The Morgan fingerprint density at radius 1 is 1.14 bits per heavy atom. The van der Waals surface area contributed by atoms with E-state index in [-0.39, 0.29) is 11.3 Å². The molecule has 5 nitrogen and oxygen atoms in total. The fourth-order valence-electron chi connectivity index (χ4n) is 1.87. The van der Waals surface area contributed by atoms with Crippen molar-refractivity contribution in [2.45, 2.75) is 26.7 Å². The molecule has 0 fully saturated rings. The van der Waals surface area contributed by atoms with Crippen LogP contribution in [-0.2, 0) is 0 Å². The molecule has 2 rings (SSSR count). The van der Waals surface area contributed by atoms with Crippen LogP contribution in [0.15, 0.2) is 18.2 Å². The lowest BCUT2D eigenvalue weighted by atomic mass is 10.0. The summed E-state index contributed by atoms with van der Waals surface area (Å²) in [4.78, 5) is 14.1. The van der Waals surface area contributed by atoms with Crippen LogP contribution in [0.1, 0.15) is 30.9 Å². The Morgan fingerprint density at radius 3 is 2.48 bits per heavy atom. The minimum Gasteiger partial charge on any atom is -0.424 e. The molecule has 0 saturated heterocycles. The van der Waals surface area contributed by atoms with E-state index in [1.807, 2.05) is 27.1 Å². The Labute approximate surface area is 130 Å². The van der Waals surface area contributed by atoms with Gasteiger partial charge in [-0.15, -0.1) is 0 Å². The van der Waals surface area contributed by atoms with E-state index in [9.17, 15) is 0 Å². The number of anilines is 1. The highest BCUT2D eigenvalue weighted by Crippen LogP contribution is 2.30. The maximum atomic E-state index is 5.93. The number of aryl methyl sites for hydroxylation is 1. The van der Waals surface area contributed by atoms with Crippen LogP contribution in [0.2, 0.25) is 5.28 Å². The fourth-order valence-corrected chi connectivity index (χ4v) is 2.02. The Morgan fingerprint density at radius 2 is 1.86 bits per heavy atom. The van der Waals surface area contributed by atoms with Gasteiger partial charge in [-0.2, -0.15) is 15.0 Å². The molecule has 1 aromatic carbocycles. The molecule has 0 amide bonds. The predicted molar refractivity (Wildman–Crippen MR) is 84.5 cm³/mol. The standard InChI is InChI=1S/C15H19ClN4O/c1-9(2)11-7-6-10(3)8-12(11)21-15-18-13(16)17-14(19-15)20(4)5/h6-9H,1-5H3. The average molecular weight is 307 g/mol. The Kier molecular flexibility index (Phi) is 4.63. The summed E-state index contributed by atoms with van der Waals surface area (Å²) in [5.74, 6) is 1.55. The van der Waals surface area contributed by atoms with Gasteiger partial charge in [0.2, 0.25) is 11.2 Å². The van der Waals surface area contributed by atoms with Gasteiger partial charge < -0.3 is 9.64 Å². The normalized spacial score (nSPS) is 10.8. The first-order valence-corrected chi connectivity index (χ1v) is 7.12. The van der Waals surface area contributed by atoms with Crippen LogP contribution in [-0.4, -0.2) is 29.0 Å². The maximum absolute atomic E-state index is 5.93. The Balaban J connectivity index is 2.40. The summed E-state index contributed by atoms with van der Waals surface area (Å²) in [6, 6.07) is 6.30. The highest BCUT2D eigenvalue weighted by molar-refractivity contribution is 6.28. The molecule has 0 N–H and O–H groups in total. The molecular weight excluding hydrogens is 288 g/mol. The molecule has 0 aliphatic carbocycles. The minimum absolute atomic E-state index is 0.113. The van der Waals surface area contributed by atoms with Gasteiger partial charge in [0, 0.05) is 14.1 Å². The molecule has 2 aromatic rings. The van der Waals surface area contributed by atoms with E-state index >= 15 is 0 Å². The molecule has 1 aromatic heterocycles. The number of hydrogen-bond acceptors (Lipinski definition) is 5. The monoisotopic (exact) mass is 306 g/mol. The fraction of sp³-hybridized carbons (Fsp3) is 0.400. The van der Waals surface area contributed by atoms with Gasteiger partial charge in [0.15, 0.2) is 0 Å². The van der Waals surface area contributed by atoms with Crippen molar-refractivity contribution in [2.24, 2.45) is 0 Å². The van der Waals surface area contributed by atoms with E-state index in [4.69, 9.17) is 16.3 Å². The van der Waals surface area contributed by atoms with Gasteiger partial charge in [0.1, 0.15) is 5.75 Å². The number of aromatic nitrogens is 3. The van der Waals surface area contributed by atoms with E-state index in [0.29, 0.717) is 11.9 Å². The van der Waals surface area contributed by atoms with Crippen LogP contribution < -0.4 is 9.64 Å². The van der Waals surface area contributed by atoms with Crippen molar-refractivity contribution in [1.82, 2.24) is 15.0 Å². The van der Waals surface area contributed by atoms with Crippen LogP contribution in [0.3, 0.4) is 0 Å². The molecular formula is C15H19ClN4O. The number of rotatable bonds is 4. The molecule has 0 unspecified atom stereocenters. The van der Waals surface area contributed by atoms with Crippen LogP contribution in [0, 0.1) is 6.92 Å². The first kappa shape index (κ1) is 15.5. The molecule has 0 aliphatic heterocycles. The summed E-state index contributed by atoms with van der Waals surface area (Å²) in [5, 5.41) is 0.113. The second kappa shape index (κ2) is 6.26. The van der Waals surface area contributed by atoms with Crippen LogP contribution in [0.4, 0.5) is 5.95 Å². The number of halogens is 1. The van der Waals surface area contributed by atoms with Crippen molar-refractivity contribution >= 4 is 17.5 Å². The highest BCUT2D eigenvalue weighted by atomic mass is 35.5. The summed E-state index contributed by atoms with van der Waals surface area (Å²) < 4.78 is 5.85. The lowest BCUT2D eigenvalue weighted by Gasteiger charge is -2.15. The smallest absolute Gasteiger partial charge is 0.328 e. The van der Waals surface area contributed by atoms with Crippen LogP contribution >= 0.6 is 11.6 Å². The summed E-state index contributed by atoms with van der Waals surface area (Å²) in [6.45, 7) is 6.24. The van der Waals surface area contributed by atoms with Crippen molar-refractivity contribution in [3.63, 3.8) is 0 Å². The largest absolute Gasteiger partial charge is 0.424 e. The number of nitrogens with zero attached hydrogens (tertiary/aromatic N) is 4. The first-order valence-electron chi connectivity index (χ1n) is 6.74. The molecule has 0 bridgehead atoms. The molecule has 112 valence electrons. The zero-order valence-electron chi connectivity index (χ0n) is 12.9. The van der Waals surface area contributed by atoms with E-state index in [2.05, 4.69) is 40.9 Å². The zero-order chi connectivity index (χ0) is 15.6. The van der Waals surface area contributed by atoms with E-state index in [1.165, 1.54) is 0 Å². The minimum atomic E-state index is 0.113. The molecule has 0 spiro atoms. The molecule has 0 saturated carbocycles. The second-order valence-electron chi connectivity index (χ2n) is 5.38. The van der Waals surface area contributed by atoms with Crippen molar-refractivity contribution < 1.29 is 4.74 Å². The quantitative estimate of drug-likeness (QED) is 0.859. The van der Waals surface area contributed by atoms with E-state index in [0.717, 1.165) is 16.9 Å². The molecule has 0 radical (unpaired) electrons. The van der Waals surface area contributed by atoms with Gasteiger partial charge in [0.25, 0.3) is 0 Å². The third-order valence-electron chi connectivity index (χ3n) is 2.97. The van der Waals surface area contributed by atoms with Crippen molar-refractivity contribution in [1.29, 1.82) is 0 Å². The van der Waals surface area contributed by atoms with E-state index in [1.54, 1.807) is 4.90 Å². The molecule has 21 heavy (non-hydrogen) atoms. The predicted octanol–water partition coefficient (Wildman–Crippen LogP) is 3.82. The Bertz CT molecular complexity index is 644. The maximum Gasteiger partial charge on any atom is 0.328 e. The van der Waals surface area contributed by atoms with Crippen molar-refractivity contribution in [2.75, 3.05) is 19.0 Å². The average Bonchev–Trinajstić information content (AvgIpc) is 2.37. The summed E-state index contributed by atoms with van der Waals surface area (Å²) in [6.07, 6.45) is 0. The molecule has 0 atom stereocenters. The van der Waals surface area contributed by atoms with Gasteiger partial charge in [0.05, 0.1) is 0 Å². The highest BCUT2D eigenvalue weighted by Gasteiger charge is 2.13. The third kappa shape index (κ3) is 3.82. The number of benzene rings is 1. The first-order chi connectivity index (χ1) is 9.86. The topological polar surface area (TPSA) is 51.1 Å². The molecule has 1 heterocycles. The summed E-state index contributed by atoms with van der Waals surface area (Å²) >= 11 is 5.93. The lowest BCUT2D eigenvalue weighted by Crippen LogP contribution is -2.14. The van der Waals surface area contributed by atoms with Crippen molar-refractivity contribution in [3.05, 3.63) is 34.6 Å². The number of hydrogen-bond donors (Lipinski definition) is 0. The van der Waals surface area contributed by atoms with Crippen molar-refractivity contribution in [3.8, 4) is 11.8 Å². The van der Waals surface area contributed by atoms with Gasteiger partial charge in [-0.3, -0.25) is 0 Å². The zero-order valence-corrected chi connectivity index (χ0v) is 13.6. The lowest BCUT2D eigenvalue weighted by molar-refractivity contribution is 0.432. The summed E-state index contributed by atoms with van der Waals surface area (Å²) in [7, 11) is 3.67. The van der Waals surface area contributed by atoms with Crippen LogP contribution in [0.25, 0.3) is 0 Å². The van der Waals surface area contributed by atoms with Gasteiger partial charge in [-0.25, -0.2) is 0 Å². The molecule has 6 heteroatoms. The Hall–Kier alpha value is -1.88. The van der Waals surface area contributed by atoms with Gasteiger partial charge in [-0.1, -0.05) is 26.0 Å². The molecule has 0 aliphatic rings. The number of ether oxygens (including phenoxy) is 1. The van der Waals surface area contributed by atoms with Gasteiger partial charge >= 0.3 is 6.01 Å². The summed E-state index contributed by atoms with van der Waals surface area (Å²) in [5.41, 5.74) is 2.21. The van der Waals surface area contributed by atoms with Gasteiger partial charge in [-0.05, 0) is 41.6 Å². The third-order valence-corrected chi connectivity index (χ3v) is 3.14. The van der Waals surface area contributed by atoms with Crippen LogP contribution in [0.5, 0.6) is 11.8 Å². The van der Waals surface area contributed by atoms with E-state index < -0.39 is 0 Å². The SMILES string of the molecule is Cc1ccc(C(C)C)c(Oc2nc(Cl)nc(N(C)C)n2)c1. The second-order valence-corrected chi connectivity index (χ2v) is 5.72.